The third kappa shape index (κ3) is 1.30. The first-order chi connectivity index (χ1) is 5.75. The van der Waals surface area contributed by atoms with E-state index in [1.807, 2.05) is 12.3 Å². The van der Waals surface area contributed by atoms with Crippen molar-refractivity contribution in [2.24, 2.45) is 0 Å². The monoisotopic (exact) mass is 198 g/mol. The van der Waals surface area contributed by atoms with Crippen LogP contribution in [0.1, 0.15) is 5.69 Å². The largest absolute Gasteiger partial charge is 0.374 e. The van der Waals surface area contributed by atoms with Gasteiger partial charge < -0.3 is 5.73 Å². The molecule has 0 aliphatic rings. The molecule has 0 aromatic carbocycles. The second kappa shape index (κ2) is 2.80. The molecular formula is C6H6N4S2. The zero-order valence-corrected chi connectivity index (χ0v) is 7.95. The van der Waals surface area contributed by atoms with Crippen LogP contribution in [0.4, 0.5) is 5.13 Å². The normalized spacial score (nSPS) is 10.4. The van der Waals surface area contributed by atoms with Crippen molar-refractivity contribution in [3.05, 3.63) is 11.1 Å². The van der Waals surface area contributed by atoms with E-state index in [0.717, 1.165) is 10.7 Å². The van der Waals surface area contributed by atoms with Gasteiger partial charge in [0.15, 0.2) is 10.1 Å². The Hall–Kier alpha value is -1.01. The summed E-state index contributed by atoms with van der Waals surface area (Å²) in [7, 11) is 0. The maximum Gasteiger partial charge on any atom is 0.203 e. The maximum atomic E-state index is 5.44. The molecule has 0 saturated heterocycles. The standard InChI is InChI=1S/C6H6N4S2/c1-3-2-11-5(8-3)4-9-6(7)12-10-4/h2H,1H3,(H2,7,9,10). The Kier molecular flexibility index (Phi) is 1.78. The topological polar surface area (TPSA) is 64.7 Å². The lowest BCUT2D eigenvalue weighted by Gasteiger charge is -1.82. The summed E-state index contributed by atoms with van der Waals surface area (Å²) in [6, 6.07) is 0. The molecule has 0 spiro atoms. The Bertz CT molecular complexity index is 353. The van der Waals surface area contributed by atoms with E-state index in [1.54, 1.807) is 0 Å². The Morgan fingerprint density at radius 2 is 2.25 bits per heavy atom. The molecule has 2 heterocycles. The molecule has 12 heavy (non-hydrogen) atoms. The van der Waals surface area contributed by atoms with Gasteiger partial charge in [0.1, 0.15) is 0 Å². The molecular weight excluding hydrogens is 192 g/mol. The van der Waals surface area contributed by atoms with Crippen LogP contribution in [0.3, 0.4) is 0 Å². The molecule has 0 saturated carbocycles. The van der Waals surface area contributed by atoms with Crippen LogP contribution in [-0.4, -0.2) is 14.3 Å². The van der Waals surface area contributed by atoms with Crippen LogP contribution in [0.15, 0.2) is 5.38 Å². The molecule has 6 heteroatoms. The van der Waals surface area contributed by atoms with Gasteiger partial charge in [0, 0.05) is 22.6 Å². The van der Waals surface area contributed by atoms with Gasteiger partial charge in [0.25, 0.3) is 0 Å². The van der Waals surface area contributed by atoms with Crippen molar-refractivity contribution in [2.75, 3.05) is 5.73 Å². The van der Waals surface area contributed by atoms with Crippen LogP contribution in [0.25, 0.3) is 10.8 Å². The molecule has 0 atom stereocenters. The van der Waals surface area contributed by atoms with Crippen LogP contribution in [0.2, 0.25) is 0 Å². The number of hydrogen-bond donors (Lipinski definition) is 1. The molecule has 0 bridgehead atoms. The minimum absolute atomic E-state index is 0.484. The number of hydrogen-bond acceptors (Lipinski definition) is 6. The van der Waals surface area contributed by atoms with E-state index < -0.39 is 0 Å². The van der Waals surface area contributed by atoms with E-state index in [2.05, 4.69) is 14.3 Å². The average Bonchev–Trinajstić information content (AvgIpc) is 2.58. The van der Waals surface area contributed by atoms with Gasteiger partial charge in [-0.1, -0.05) is 0 Å². The first-order valence-corrected chi connectivity index (χ1v) is 4.92. The highest BCUT2D eigenvalue weighted by Crippen LogP contribution is 2.22. The summed E-state index contributed by atoms with van der Waals surface area (Å²) < 4.78 is 4.05. The molecule has 2 N–H and O–H groups in total. The van der Waals surface area contributed by atoms with Crippen LogP contribution in [-0.2, 0) is 0 Å². The molecule has 62 valence electrons. The Labute approximate surface area is 77.3 Å². The summed E-state index contributed by atoms with van der Waals surface area (Å²) >= 11 is 2.72. The lowest BCUT2D eigenvalue weighted by molar-refractivity contribution is 1.22. The Morgan fingerprint density at radius 1 is 1.42 bits per heavy atom. The Morgan fingerprint density at radius 3 is 2.75 bits per heavy atom. The van der Waals surface area contributed by atoms with E-state index in [9.17, 15) is 0 Å². The summed E-state index contributed by atoms with van der Waals surface area (Å²) in [5.41, 5.74) is 6.43. The molecule has 2 aromatic heterocycles. The lowest BCUT2D eigenvalue weighted by atomic mass is 10.6. The fourth-order valence-electron chi connectivity index (χ4n) is 0.779. The highest BCUT2D eigenvalue weighted by molar-refractivity contribution is 7.13. The van der Waals surface area contributed by atoms with Gasteiger partial charge >= 0.3 is 0 Å². The SMILES string of the molecule is Cc1csc(-c2nsc(N)n2)n1. The average molecular weight is 198 g/mol. The minimum Gasteiger partial charge on any atom is -0.374 e. The zero-order valence-electron chi connectivity index (χ0n) is 6.31. The van der Waals surface area contributed by atoms with Gasteiger partial charge in [-0.25, -0.2) is 4.98 Å². The summed E-state index contributed by atoms with van der Waals surface area (Å²) in [4.78, 5) is 8.27. The molecule has 2 aromatic rings. The van der Waals surface area contributed by atoms with Crippen molar-refractivity contribution in [2.45, 2.75) is 6.92 Å². The van der Waals surface area contributed by atoms with Crippen molar-refractivity contribution in [3.63, 3.8) is 0 Å². The Balaban J connectivity index is 2.43. The van der Waals surface area contributed by atoms with Crippen LogP contribution in [0, 0.1) is 6.92 Å². The first kappa shape index (κ1) is 7.63. The number of rotatable bonds is 1. The van der Waals surface area contributed by atoms with Crippen molar-refractivity contribution >= 4 is 28.0 Å². The fourth-order valence-corrected chi connectivity index (χ4v) is 2.00. The van der Waals surface area contributed by atoms with Gasteiger partial charge in [0.2, 0.25) is 5.82 Å². The molecule has 0 aliphatic heterocycles. The summed E-state index contributed by atoms with van der Waals surface area (Å²) in [6.07, 6.45) is 0. The molecule has 0 unspecified atom stereocenters. The van der Waals surface area contributed by atoms with Crippen molar-refractivity contribution in [1.29, 1.82) is 0 Å². The maximum absolute atomic E-state index is 5.44. The number of thiazole rings is 1. The third-order valence-electron chi connectivity index (χ3n) is 1.25. The van der Waals surface area contributed by atoms with E-state index >= 15 is 0 Å². The van der Waals surface area contributed by atoms with E-state index in [0.29, 0.717) is 11.0 Å². The fraction of sp³-hybridized carbons (Fsp3) is 0.167. The van der Waals surface area contributed by atoms with Crippen molar-refractivity contribution in [1.82, 2.24) is 14.3 Å². The lowest BCUT2D eigenvalue weighted by Crippen LogP contribution is -1.83. The van der Waals surface area contributed by atoms with Crippen molar-refractivity contribution < 1.29 is 0 Å². The van der Waals surface area contributed by atoms with Gasteiger partial charge in [-0.2, -0.15) is 9.36 Å². The minimum atomic E-state index is 0.484. The second-order valence-corrected chi connectivity index (χ2v) is 3.89. The molecule has 0 fully saturated rings. The number of aromatic nitrogens is 3. The number of aryl methyl sites for hydroxylation is 1. The number of nitrogen functional groups attached to an aromatic ring is 1. The van der Waals surface area contributed by atoms with Gasteiger partial charge in [-0.05, 0) is 6.92 Å². The third-order valence-corrected chi connectivity index (χ3v) is 2.75. The molecule has 0 amide bonds. The number of nitrogens with two attached hydrogens (primary N) is 1. The predicted octanol–water partition coefficient (Wildman–Crippen LogP) is 1.55. The summed E-state index contributed by atoms with van der Waals surface area (Å²) in [5.74, 6) is 0.635. The first-order valence-electron chi connectivity index (χ1n) is 3.27. The van der Waals surface area contributed by atoms with Crippen molar-refractivity contribution in [3.8, 4) is 10.8 Å². The predicted molar refractivity (Wildman–Crippen MR) is 50.2 cm³/mol. The molecule has 4 nitrogen and oxygen atoms in total. The van der Waals surface area contributed by atoms with Gasteiger partial charge in [-0.15, -0.1) is 11.3 Å². The highest BCUT2D eigenvalue weighted by Gasteiger charge is 2.07. The molecule has 0 aliphatic carbocycles. The number of anilines is 1. The van der Waals surface area contributed by atoms with Crippen LogP contribution in [0.5, 0.6) is 0 Å². The van der Waals surface area contributed by atoms with E-state index in [-0.39, 0.29) is 0 Å². The summed E-state index contributed by atoms with van der Waals surface area (Å²) in [6.45, 7) is 1.94. The van der Waals surface area contributed by atoms with E-state index in [4.69, 9.17) is 5.73 Å². The van der Waals surface area contributed by atoms with Crippen LogP contribution < -0.4 is 5.73 Å². The quantitative estimate of drug-likeness (QED) is 0.755. The number of nitrogens with zero attached hydrogens (tertiary/aromatic N) is 3. The zero-order chi connectivity index (χ0) is 8.55. The smallest absolute Gasteiger partial charge is 0.203 e. The second-order valence-electron chi connectivity index (χ2n) is 2.25. The van der Waals surface area contributed by atoms with Gasteiger partial charge in [0.05, 0.1) is 0 Å². The highest BCUT2D eigenvalue weighted by atomic mass is 32.1. The van der Waals surface area contributed by atoms with Crippen LogP contribution >= 0.6 is 22.9 Å². The van der Waals surface area contributed by atoms with Gasteiger partial charge in [-0.3, -0.25) is 0 Å². The molecule has 0 radical (unpaired) electrons. The molecule has 2 rings (SSSR count). The van der Waals surface area contributed by atoms with E-state index in [1.165, 1.54) is 22.9 Å². The summed E-state index contributed by atoms with van der Waals surface area (Å²) in [5, 5.41) is 3.28.